The summed E-state index contributed by atoms with van der Waals surface area (Å²) in [6.45, 7) is 4.09. The highest BCUT2D eigenvalue weighted by atomic mass is 35.5. The van der Waals surface area contributed by atoms with Crippen LogP contribution >= 0.6 is 11.6 Å². The van der Waals surface area contributed by atoms with Gasteiger partial charge in [0.25, 0.3) is 0 Å². The van der Waals surface area contributed by atoms with Crippen molar-refractivity contribution in [3.8, 4) is 6.07 Å². The van der Waals surface area contributed by atoms with Crippen molar-refractivity contribution < 1.29 is 14.3 Å². The molecule has 3 heterocycles. The van der Waals surface area contributed by atoms with Gasteiger partial charge in [0.05, 0.1) is 35.9 Å². The second-order valence-corrected chi connectivity index (χ2v) is 7.82. The molecule has 1 atom stereocenters. The molecule has 10 heteroatoms. The number of carboxylic acid groups (broad SMARTS) is 1. The van der Waals surface area contributed by atoms with Gasteiger partial charge in [-0.15, -0.1) is 0 Å². The van der Waals surface area contributed by atoms with Crippen molar-refractivity contribution in [2.75, 3.05) is 23.3 Å². The van der Waals surface area contributed by atoms with Crippen LogP contribution in [-0.2, 0) is 0 Å². The third-order valence-electron chi connectivity index (χ3n) is 5.07. The number of aromatic carboxylic acids is 1. The zero-order chi connectivity index (χ0) is 22.3. The van der Waals surface area contributed by atoms with Crippen LogP contribution in [0, 0.1) is 18.3 Å². The Morgan fingerprint density at radius 3 is 2.74 bits per heavy atom. The number of carbonyl (C=O) groups is 1. The summed E-state index contributed by atoms with van der Waals surface area (Å²) >= 11 is 5.84. The maximum absolute atomic E-state index is 13.4. The summed E-state index contributed by atoms with van der Waals surface area (Å²) < 4.78 is 13.4. The fourth-order valence-electron chi connectivity index (χ4n) is 3.57. The largest absolute Gasteiger partial charge is 0.476 e. The Morgan fingerprint density at radius 1 is 1.35 bits per heavy atom. The molecule has 158 valence electrons. The first kappa shape index (κ1) is 20.8. The SMILES string of the molecule is Cc1cc([C@@H](C)Nc2ccc(Cl)nc2C(=O)O)c2nc(N3CC(F)C3)c(C#N)nc2c1. The van der Waals surface area contributed by atoms with Crippen LogP contribution in [0.25, 0.3) is 11.0 Å². The van der Waals surface area contributed by atoms with E-state index in [1.165, 1.54) is 6.07 Å². The molecule has 3 aromatic rings. The average Bonchev–Trinajstić information content (AvgIpc) is 2.71. The Hall–Kier alpha value is -3.51. The molecule has 0 bridgehead atoms. The second-order valence-electron chi connectivity index (χ2n) is 7.43. The van der Waals surface area contributed by atoms with Crippen molar-refractivity contribution in [3.63, 3.8) is 0 Å². The van der Waals surface area contributed by atoms with Gasteiger partial charge in [-0.25, -0.2) is 24.1 Å². The molecule has 0 saturated carbocycles. The van der Waals surface area contributed by atoms with Crippen molar-refractivity contribution in [3.05, 3.63) is 51.9 Å². The lowest BCUT2D eigenvalue weighted by atomic mass is 10.0. The average molecular weight is 441 g/mol. The Labute approximate surface area is 182 Å². The minimum atomic E-state index is -1.20. The number of nitriles is 1. The number of aromatic nitrogens is 3. The number of fused-ring (bicyclic) bond motifs is 1. The molecular weight excluding hydrogens is 423 g/mol. The monoisotopic (exact) mass is 440 g/mol. The van der Waals surface area contributed by atoms with E-state index in [0.29, 0.717) is 22.5 Å². The van der Waals surface area contributed by atoms with Gasteiger partial charge in [0.1, 0.15) is 17.4 Å². The molecule has 8 nitrogen and oxygen atoms in total. The number of nitrogens with one attached hydrogen (secondary N) is 1. The molecule has 0 spiro atoms. The third kappa shape index (κ3) is 3.94. The Morgan fingerprint density at radius 2 is 2.10 bits per heavy atom. The van der Waals surface area contributed by atoms with Gasteiger partial charge in [0, 0.05) is 5.56 Å². The van der Waals surface area contributed by atoms with Gasteiger partial charge in [0.2, 0.25) is 0 Å². The fourth-order valence-corrected chi connectivity index (χ4v) is 3.72. The summed E-state index contributed by atoms with van der Waals surface area (Å²) in [6.07, 6.45) is -0.950. The lowest BCUT2D eigenvalue weighted by Gasteiger charge is -2.35. The highest BCUT2D eigenvalue weighted by Crippen LogP contribution is 2.31. The molecule has 4 rings (SSSR count). The van der Waals surface area contributed by atoms with Gasteiger partial charge in [-0.2, -0.15) is 5.26 Å². The molecule has 0 unspecified atom stereocenters. The quantitative estimate of drug-likeness (QED) is 0.574. The van der Waals surface area contributed by atoms with E-state index in [0.717, 1.165) is 11.1 Å². The zero-order valence-corrected chi connectivity index (χ0v) is 17.5. The summed E-state index contributed by atoms with van der Waals surface area (Å²) in [5.41, 5.74) is 3.02. The predicted molar refractivity (Wildman–Crippen MR) is 114 cm³/mol. The minimum absolute atomic E-state index is 0.0804. The van der Waals surface area contributed by atoms with E-state index < -0.39 is 12.1 Å². The number of nitrogens with zero attached hydrogens (tertiary/aromatic N) is 5. The number of carboxylic acids is 1. The molecule has 31 heavy (non-hydrogen) atoms. The maximum atomic E-state index is 13.4. The molecule has 1 aliphatic rings. The number of halogens is 2. The number of pyridine rings is 1. The van der Waals surface area contributed by atoms with Crippen LogP contribution in [0.15, 0.2) is 24.3 Å². The van der Waals surface area contributed by atoms with E-state index in [1.807, 2.05) is 32.0 Å². The van der Waals surface area contributed by atoms with Gasteiger partial charge in [-0.3, -0.25) is 0 Å². The van der Waals surface area contributed by atoms with Gasteiger partial charge in [-0.05, 0) is 37.6 Å². The Kier molecular flexibility index (Phi) is 5.33. The first-order valence-corrected chi connectivity index (χ1v) is 9.92. The lowest BCUT2D eigenvalue weighted by molar-refractivity contribution is 0.0691. The van der Waals surface area contributed by atoms with Crippen LogP contribution in [0.1, 0.15) is 40.3 Å². The van der Waals surface area contributed by atoms with Crippen LogP contribution in [0.4, 0.5) is 15.9 Å². The van der Waals surface area contributed by atoms with Gasteiger partial charge < -0.3 is 15.3 Å². The van der Waals surface area contributed by atoms with Crippen molar-refractivity contribution in [2.24, 2.45) is 0 Å². The van der Waals surface area contributed by atoms with Crippen LogP contribution in [0.2, 0.25) is 5.15 Å². The van der Waals surface area contributed by atoms with Crippen LogP contribution in [0.5, 0.6) is 0 Å². The minimum Gasteiger partial charge on any atom is -0.476 e. The molecule has 1 saturated heterocycles. The first-order valence-electron chi connectivity index (χ1n) is 9.54. The van der Waals surface area contributed by atoms with E-state index in [-0.39, 0.29) is 35.7 Å². The van der Waals surface area contributed by atoms with Crippen LogP contribution in [0.3, 0.4) is 0 Å². The van der Waals surface area contributed by atoms with E-state index in [4.69, 9.17) is 11.6 Å². The number of hydrogen-bond acceptors (Lipinski definition) is 7. The highest BCUT2D eigenvalue weighted by Gasteiger charge is 2.30. The first-order chi connectivity index (χ1) is 14.8. The molecule has 1 aromatic carbocycles. The molecule has 1 fully saturated rings. The lowest BCUT2D eigenvalue weighted by Crippen LogP contribution is -2.49. The van der Waals surface area contributed by atoms with E-state index in [1.54, 1.807) is 11.0 Å². The fraction of sp³-hybridized carbons (Fsp3) is 0.286. The molecular formula is C21H18ClFN6O2. The predicted octanol–water partition coefficient (Wildman–Crippen LogP) is 3.89. The molecule has 0 aliphatic carbocycles. The Balaban J connectivity index is 1.79. The Bertz CT molecular complexity index is 1240. The molecule has 2 N–H and O–H groups in total. The number of rotatable bonds is 5. The standard InChI is InChI=1S/C21H18ClFN6O2/c1-10-5-13(11(2)25-14-3-4-17(22)27-19(14)21(30)31)18-15(6-10)26-16(7-24)20(28-18)29-8-12(23)9-29/h3-6,11-12,25H,8-9H2,1-2H3,(H,30,31)/t11-/m1/s1. The van der Waals surface area contributed by atoms with Crippen molar-refractivity contribution in [2.45, 2.75) is 26.1 Å². The normalized spacial score (nSPS) is 14.7. The maximum Gasteiger partial charge on any atom is 0.356 e. The molecule has 0 radical (unpaired) electrons. The van der Waals surface area contributed by atoms with E-state index >= 15 is 0 Å². The van der Waals surface area contributed by atoms with Gasteiger partial charge >= 0.3 is 5.97 Å². The van der Waals surface area contributed by atoms with Crippen LogP contribution in [-0.4, -0.2) is 45.3 Å². The third-order valence-corrected chi connectivity index (χ3v) is 5.28. The van der Waals surface area contributed by atoms with Crippen molar-refractivity contribution >= 4 is 40.1 Å². The van der Waals surface area contributed by atoms with Crippen LogP contribution < -0.4 is 10.2 Å². The van der Waals surface area contributed by atoms with Gasteiger partial charge in [0.15, 0.2) is 17.2 Å². The number of aryl methyl sites for hydroxylation is 1. The van der Waals surface area contributed by atoms with Gasteiger partial charge in [-0.1, -0.05) is 17.7 Å². The number of alkyl halides is 1. The summed E-state index contributed by atoms with van der Waals surface area (Å²) in [5.74, 6) is -0.855. The zero-order valence-electron chi connectivity index (χ0n) is 16.7. The summed E-state index contributed by atoms with van der Waals surface area (Å²) in [4.78, 5) is 26.2. The number of benzene rings is 1. The van der Waals surface area contributed by atoms with E-state index in [2.05, 4.69) is 20.3 Å². The summed E-state index contributed by atoms with van der Waals surface area (Å²) in [5, 5.41) is 22.2. The number of anilines is 2. The molecule has 0 amide bonds. The van der Waals surface area contributed by atoms with E-state index in [9.17, 15) is 19.6 Å². The topological polar surface area (TPSA) is 115 Å². The highest BCUT2D eigenvalue weighted by molar-refractivity contribution is 6.29. The second kappa shape index (κ2) is 7.96. The van der Waals surface area contributed by atoms with Crippen molar-refractivity contribution in [1.82, 2.24) is 15.0 Å². The number of hydrogen-bond donors (Lipinski definition) is 2. The summed E-state index contributed by atoms with van der Waals surface area (Å²) in [6, 6.07) is 8.48. The van der Waals surface area contributed by atoms with Crippen molar-refractivity contribution in [1.29, 1.82) is 5.26 Å². The molecule has 2 aromatic heterocycles. The smallest absolute Gasteiger partial charge is 0.356 e. The molecule has 1 aliphatic heterocycles. The summed E-state index contributed by atoms with van der Waals surface area (Å²) in [7, 11) is 0.